The second-order valence-electron chi connectivity index (χ2n) is 6.51. The molecular weight excluding hydrogens is 300 g/mol. The van der Waals surface area contributed by atoms with Gasteiger partial charge in [-0.05, 0) is 24.9 Å². The summed E-state index contributed by atoms with van der Waals surface area (Å²) in [5, 5.41) is 0. The first-order chi connectivity index (χ1) is 10.9. The number of methoxy groups -OCH3 is 2. The van der Waals surface area contributed by atoms with E-state index in [1.54, 1.807) is 14.2 Å². The van der Waals surface area contributed by atoms with E-state index in [-0.39, 0.29) is 18.8 Å². The fourth-order valence-electron chi connectivity index (χ4n) is 3.24. The Morgan fingerprint density at radius 1 is 1.13 bits per heavy atom. The summed E-state index contributed by atoms with van der Waals surface area (Å²) in [6.45, 7) is 5.93. The molecule has 0 spiro atoms. The monoisotopic (exact) mass is 327 g/mol. The third kappa shape index (κ3) is 4.34. The molecule has 1 fully saturated rings. The van der Waals surface area contributed by atoms with Crippen molar-refractivity contribution in [2.75, 3.05) is 27.3 Å². The Morgan fingerprint density at radius 2 is 1.87 bits per heavy atom. The fourth-order valence-corrected chi connectivity index (χ4v) is 3.24. The van der Waals surface area contributed by atoms with Crippen molar-refractivity contribution in [1.29, 1.82) is 0 Å². The van der Waals surface area contributed by atoms with Crippen LogP contribution in [0.5, 0.6) is 11.5 Å². The van der Waals surface area contributed by atoms with Crippen LogP contribution in [-0.2, 0) is 6.54 Å². The van der Waals surface area contributed by atoms with Gasteiger partial charge in [0, 0.05) is 37.1 Å². The Hall–Kier alpha value is -1.36. The first-order valence-electron chi connectivity index (χ1n) is 8.22. The van der Waals surface area contributed by atoms with Crippen LogP contribution in [0.15, 0.2) is 12.1 Å². The molecule has 1 aromatic carbocycles. The summed E-state index contributed by atoms with van der Waals surface area (Å²) in [6.07, 6.45) is 0.450. The Balaban J connectivity index is 2.24. The number of rotatable bonds is 5. The molecule has 0 N–H and O–H groups in total. The lowest BCUT2D eigenvalue weighted by Gasteiger charge is -2.24. The van der Waals surface area contributed by atoms with Gasteiger partial charge in [0.2, 0.25) is 5.92 Å². The maximum Gasteiger partial charge on any atom is 0.249 e. The minimum absolute atomic E-state index is 0.0134. The van der Waals surface area contributed by atoms with Gasteiger partial charge < -0.3 is 9.47 Å². The number of nitrogens with zero attached hydrogens (tertiary/aromatic N) is 1. The van der Waals surface area contributed by atoms with Crippen molar-refractivity contribution >= 4 is 0 Å². The lowest BCUT2D eigenvalue weighted by atomic mass is 9.97. The average Bonchev–Trinajstić information content (AvgIpc) is 2.67. The van der Waals surface area contributed by atoms with Crippen LogP contribution >= 0.6 is 0 Å². The van der Waals surface area contributed by atoms with Crippen LogP contribution in [-0.4, -0.2) is 38.1 Å². The average molecular weight is 327 g/mol. The molecule has 0 amide bonds. The van der Waals surface area contributed by atoms with Crippen LogP contribution < -0.4 is 9.47 Å². The van der Waals surface area contributed by atoms with E-state index in [4.69, 9.17) is 9.47 Å². The second-order valence-corrected chi connectivity index (χ2v) is 6.51. The van der Waals surface area contributed by atoms with Crippen molar-refractivity contribution < 1.29 is 18.3 Å². The van der Waals surface area contributed by atoms with Crippen LogP contribution in [0.3, 0.4) is 0 Å². The first-order valence-corrected chi connectivity index (χ1v) is 8.22. The molecule has 0 aliphatic carbocycles. The van der Waals surface area contributed by atoms with E-state index in [9.17, 15) is 8.78 Å². The largest absolute Gasteiger partial charge is 0.496 e. The molecule has 0 unspecified atom stereocenters. The van der Waals surface area contributed by atoms with Crippen molar-refractivity contribution in [3.05, 3.63) is 23.3 Å². The highest BCUT2D eigenvalue weighted by Crippen LogP contribution is 2.38. The highest BCUT2D eigenvalue weighted by Gasteiger charge is 2.32. The molecule has 0 radical (unpaired) electrons. The van der Waals surface area contributed by atoms with E-state index < -0.39 is 5.92 Å². The highest BCUT2D eigenvalue weighted by molar-refractivity contribution is 5.51. The van der Waals surface area contributed by atoms with Crippen molar-refractivity contribution in [2.45, 2.75) is 51.5 Å². The minimum Gasteiger partial charge on any atom is -0.496 e. The maximum absolute atomic E-state index is 13.5. The van der Waals surface area contributed by atoms with E-state index in [1.807, 2.05) is 12.1 Å². The molecule has 0 saturated carbocycles. The van der Waals surface area contributed by atoms with Crippen LogP contribution in [0.1, 0.15) is 50.2 Å². The van der Waals surface area contributed by atoms with E-state index >= 15 is 0 Å². The van der Waals surface area contributed by atoms with Gasteiger partial charge in [-0.25, -0.2) is 8.78 Å². The smallest absolute Gasteiger partial charge is 0.249 e. The van der Waals surface area contributed by atoms with Crippen molar-refractivity contribution in [3.63, 3.8) is 0 Å². The van der Waals surface area contributed by atoms with Crippen LogP contribution in [0.4, 0.5) is 8.78 Å². The summed E-state index contributed by atoms with van der Waals surface area (Å²) in [7, 11) is 3.30. The van der Waals surface area contributed by atoms with Crippen molar-refractivity contribution in [1.82, 2.24) is 4.90 Å². The van der Waals surface area contributed by atoms with Gasteiger partial charge in [0.25, 0.3) is 0 Å². The number of halogens is 2. The van der Waals surface area contributed by atoms with E-state index in [0.29, 0.717) is 26.1 Å². The molecule has 23 heavy (non-hydrogen) atoms. The number of hydrogen-bond acceptors (Lipinski definition) is 3. The molecule has 1 aliphatic rings. The van der Waals surface area contributed by atoms with Crippen molar-refractivity contribution in [3.8, 4) is 11.5 Å². The van der Waals surface area contributed by atoms with E-state index in [1.165, 1.54) is 0 Å². The molecular formula is C18H27F2NO2. The number of ether oxygens (including phenoxy) is 2. The lowest BCUT2D eigenvalue weighted by molar-refractivity contribution is -0.0132. The van der Waals surface area contributed by atoms with E-state index in [2.05, 4.69) is 18.7 Å². The standard InChI is InChI=1S/C18H27F2NO2/c1-13(2)16-15(22-3)7-6-14(17(16)23-4)12-21-10-5-8-18(19,20)9-11-21/h6-7,13H,5,8-12H2,1-4H3. The van der Waals surface area contributed by atoms with Gasteiger partial charge in [0.05, 0.1) is 14.2 Å². The SMILES string of the molecule is COc1ccc(CN2CCCC(F)(F)CC2)c(OC)c1C(C)C. The number of alkyl halides is 2. The Kier molecular flexibility index (Phi) is 5.84. The zero-order valence-corrected chi connectivity index (χ0v) is 14.5. The van der Waals surface area contributed by atoms with Crippen LogP contribution in [0.2, 0.25) is 0 Å². The molecule has 3 nitrogen and oxygen atoms in total. The van der Waals surface area contributed by atoms with Gasteiger partial charge in [-0.15, -0.1) is 0 Å². The van der Waals surface area contributed by atoms with Gasteiger partial charge in [-0.2, -0.15) is 0 Å². The number of benzene rings is 1. The van der Waals surface area contributed by atoms with Gasteiger partial charge in [-0.3, -0.25) is 4.90 Å². The van der Waals surface area contributed by atoms with Gasteiger partial charge in [0.15, 0.2) is 0 Å². The van der Waals surface area contributed by atoms with Gasteiger partial charge >= 0.3 is 0 Å². The van der Waals surface area contributed by atoms with Gasteiger partial charge in [0.1, 0.15) is 11.5 Å². The highest BCUT2D eigenvalue weighted by atomic mass is 19.3. The zero-order valence-electron chi connectivity index (χ0n) is 14.5. The summed E-state index contributed by atoms with van der Waals surface area (Å²) in [4.78, 5) is 2.09. The molecule has 1 aromatic rings. The van der Waals surface area contributed by atoms with Gasteiger partial charge in [-0.1, -0.05) is 19.9 Å². The molecule has 0 atom stereocenters. The molecule has 130 valence electrons. The summed E-state index contributed by atoms with van der Waals surface area (Å²) in [6, 6.07) is 3.92. The summed E-state index contributed by atoms with van der Waals surface area (Å²) in [5.41, 5.74) is 2.06. The molecule has 5 heteroatoms. The molecule has 2 rings (SSSR count). The quantitative estimate of drug-likeness (QED) is 0.797. The maximum atomic E-state index is 13.5. The second kappa shape index (κ2) is 7.47. The molecule has 0 bridgehead atoms. The predicted molar refractivity (Wildman–Crippen MR) is 87.7 cm³/mol. The molecule has 0 aromatic heterocycles. The van der Waals surface area contributed by atoms with Crippen LogP contribution in [0, 0.1) is 0 Å². The zero-order chi connectivity index (χ0) is 17.0. The van der Waals surface area contributed by atoms with Crippen LogP contribution in [0.25, 0.3) is 0 Å². The molecule has 1 saturated heterocycles. The summed E-state index contributed by atoms with van der Waals surface area (Å²) < 4.78 is 38.1. The first kappa shape index (κ1) is 18.0. The third-order valence-electron chi connectivity index (χ3n) is 4.44. The summed E-state index contributed by atoms with van der Waals surface area (Å²) in [5.74, 6) is -0.645. The van der Waals surface area contributed by atoms with E-state index in [0.717, 1.165) is 22.6 Å². The topological polar surface area (TPSA) is 21.7 Å². The minimum atomic E-state index is -2.53. The number of hydrogen-bond donors (Lipinski definition) is 0. The molecule has 1 aliphatic heterocycles. The Bertz CT molecular complexity index is 532. The Morgan fingerprint density at radius 3 is 2.48 bits per heavy atom. The lowest BCUT2D eigenvalue weighted by Crippen LogP contribution is -2.26. The predicted octanol–water partition coefficient (Wildman–Crippen LogP) is 4.45. The Labute approximate surface area is 137 Å². The summed E-state index contributed by atoms with van der Waals surface area (Å²) >= 11 is 0. The molecule has 1 heterocycles. The third-order valence-corrected chi connectivity index (χ3v) is 4.44. The van der Waals surface area contributed by atoms with Crippen molar-refractivity contribution in [2.24, 2.45) is 0 Å². The normalized spacial score (nSPS) is 18.7. The number of likely N-dealkylation sites (tertiary alicyclic amines) is 1. The fraction of sp³-hybridized carbons (Fsp3) is 0.667.